The molecule has 2 rings (SSSR count). The number of benzene rings is 1. The first kappa shape index (κ1) is 17.1. The van der Waals surface area contributed by atoms with Crippen LogP contribution in [0.1, 0.15) is 37.7 Å². The highest BCUT2D eigenvalue weighted by Crippen LogP contribution is 2.22. The number of hydrogen-bond acceptors (Lipinski definition) is 5. The van der Waals surface area contributed by atoms with Gasteiger partial charge in [-0.05, 0) is 31.9 Å². The van der Waals surface area contributed by atoms with E-state index in [0.29, 0.717) is 5.69 Å². The number of nitrogens with one attached hydrogen (secondary N) is 1. The lowest BCUT2D eigenvalue weighted by Gasteiger charge is -2.13. The monoisotopic (exact) mass is 332 g/mol. The highest BCUT2D eigenvalue weighted by molar-refractivity contribution is 5.99. The number of aryl methyl sites for hydroxylation is 3. The van der Waals surface area contributed by atoms with Crippen molar-refractivity contribution < 1.29 is 24.6 Å². The van der Waals surface area contributed by atoms with E-state index < -0.39 is 35.8 Å². The molecule has 24 heavy (non-hydrogen) atoms. The summed E-state index contributed by atoms with van der Waals surface area (Å²) in [7, 11) is 0. The Kier molecular flexibility index (Phi) is 4.63. The first-order valence-electron chi connectivity index (χ1n) is 6.98. The number of carboxylic acids is 2. The second-order valence-electron chi connectivity index (χ2n) is 5.38. The van der Waals surface area contributed by atoms with E-state index in [1.807, 2.05) is 32.9 Å². The maximum absolute atomic E-state index is 12.2. The molecule has 0 saturated heterocycles. The molecular weight excluding hydrogens is 316 g/mol. The van der Waals surface area contributed by atoms with E-state index in [0.717, 1.165) is 21.4 Å². The molecular formula is C15H16N4O5. The van der Waals surface area contributed by atoms with Crippen LogP contribution in [0, 0.1) is 20.8 Å². The van der Waals surface area contributed by atoms with Crippen molar-refractivity contribution in [1.29, 1.82) is 0 Å². The van der Waals surface area contributed by atoms with Crippen LogP contribution in [-0.2, 0) is 11.3 Å². The topological polar surface area (TPSA) is 134 Å². The summed E-state index contributed by atoms with van der Waals surface area (Å²) in [6, 6.07) is 3.81. The van der Waals surface area contributed by atoms with Crippen LogP contribution < -0.4 is 5.32 Å². The average Bonchev–Trinajstić information content (AvgIpc) is 2.86. The molecule has 1 aromatic heterocycles. The van der Waals surface area contributed by atoms with Crippen LogP contribution in [-0.4, -0.2) is 43.1 Å². The van der Waals surface area contributed by atoms with Gasteiger partial charge in [0, 0.05) is 5.69 Å². The molecule has 0 atom stereocenters. The third kappa shape index (κ3) is 3.40. The Bertz CT molecular complexity index is 817. The summed E-state index contributed by atoms with van der Waals surface area (Å²) >= 11 is 0. The number of hydrogen-bond donors (Lipinski definition) is 3. The first-order valence-corrected chi connectivity index (χ1v) is 6.98. The SMILES string of the molecule is Cc1cc(C)c(NC(=O)Cn2nnc(C(=O)O)c2C(=O)O)c(C)c1. The van der Waals surface area contributed by atoms with Crippen LogP contribution in [0.25, 0.3) is 0 Å². The molecule has 3 N–H and O–H groups in total. The van der Waals surface area contributed by atoms with Gasteiger partial charge in [0.05, 0.1) is 0 Å². The number of amides is 1. The van der Waals surface area contributed by atoms with Gasteiger partial charge in [-0.15, -0.1) is 5.10 Å². The molecule has 0 aliphatic carbocycles. The summed E-state index contributed by atoms with van der Waals surface area (Å²) in [5.41, 5.74) is 2.06. The second kappa shape index (κ2) is 6.49. The van der Waals surface area contributed by atoms with Crippen LogP contribution in [0.5, 0.6) is 0 Å². The zero-order chi connectivity index (χ0) is 18.0. The molecule has 0 aliphatic heterocycles. The van der Waals surface area contributed by atoms with Crippen LogP contribution in [0.15, 0.2) is 12.1 Å². The number of aromatic carboxylic acids is 2. The molecule has 1 heterocycles. The maximum Gasteiger partial charge on any atom is 0.359 e. The molecule has 126 valence electrons. The van der Waals surface area contributed by atoms with Gasteiger partial charge in [-0.3, -0.25) is 4.79 Å². The molecule has 0 aliphatic rings. The van der Waals surface area contributed by atoms with E-state index in [-0.39, 0.29) is 0 Å². The smallest absolute Gasteiger partial charge is 0.359 e. The minimum Gasteiger partial charge on any atom is -0.476 e. The van der Waals surface area contributed by atoms with Crippen LogP contribution >= 0.6 is 0 Å². The zero-order valence-corrected chi connectivity index (χ0v) is 13.3. The van der Waals surface area contributed by atoms with Gasteiger partial charge in [0.15, 0.2) is 5.69 Å². The van der Waals surface area contributed by atoms with Crippen molar-refractivity contribution in [3.8, 4) is 0 Å². The van der Waals surface area contributed by atoms with Crippen molar-refractivity contribution in [2.24, 2.45) is 0 Å². The fraction of sp³-hybridized carbons (Fsp3) is 0.267. The fourth-order valence-electron chi connectivity index (χ4n) is 2.47. The van der Waals surface area contributed by atoms with E-state index in [4.69, 9.17) is 10.2 Å². The molecule has 0 radical (unpaired) electrons. The third-order valence-corrected chi connectivity index (χ3v) is 3.38. The van der Waals surface area contributed by atoms with E-state index >= 15 is 0 Å². The Morgan fingerprint density at radius 3 is 2.17 bits per heavy atom. The van der Waals surface area contributed by atoms with Gasteiger partial charge in [-0.2, -0.15) is 0 Å². The van der Waals surface area contributed by atoms with E-state index in [1.165, 1.54) is 0 Å². The first-order chi connectivity index (χ1) is 11.2. The van der Waals surface area contributed by atoms with Crippen molar-refractivity contribution in [2.75, 3.05) is 5.32 Å². The molecule has 2 aromatic rings. The predicted molar refractivity (Wildman–Crippen MR) is 83.2 cm³/mol. The number of nitrogens with zero attached hydrogens (tertiary/aromatic N) is 3. The number of anilines is 1. The average molecular weight is 332 g/mol. The lowest BCUT2D eigenvalue weighted by molar-refractivity contribution is -0.117. The zero-order valence-electron chi connectivity index (χ0n) is 13.3. The predicted octanol–water partition coefficient (Wildman–Crippen LogP) is 1.24. The lowest BCUT2D eigenvalue weighted by atomic mass is 10.1. The van der Waals surface area contributed by atoms with Crippen LogP contribution in [0.4, 0.5) is 5.69 Å². The highest BCUT2D eigenvalue weighted by Gasteiger charge is 2.25. The number of carbonyl (C=O) groups is 3. The number of carboxylic acid groups (broad SMARTS) is 2. The molecule has 0 spiro atoms. The Balaban J connectivity index is 2.26. The molecule has 0 bridgehead atoms. The van der Waals surface area contributed by atoms with Gasteiger partial charge in [-0.25, -0.2) is 14.3 Å². The van der Waals surface area contributed by atoms with Gasteiger partial charge in [0.2, 0.25) is 11.6 Å². The van der Waals surface area contributed by atoms with Crippen LogP contribution in [0.2, 0.25) is 0 Å². The van der Waals surface area contributed by atoms with E-state index in [1.54, 1.807) is 0 Å². The number of carbonyl (C=O) groups excluding carboxylic acids is 1. The molecule has 1 amide bonds. The minimum absolute atomic E-state index is 0.464. The van der Waals surface area contributed by atoms with Crippen molar-refractivity contribution >= 4 is 23.5 Å². The summed E-state index contributed by atoms with van der Waals surface area (Å²) < 4.78 is 0.750. The minimum atomic E-state index is -1.52. The van der Waals surface area contributed by atoms with Gasteiger partial charge in [0.1, 0.15) is 6.54 Å². The van der Waals surface area contributed by atoms with E-state index in [2.05, 4.69) is 15.6 Å². The summed E-state index contributed by atoms with van der Waals surface area (Å²) in [6.45, 7) is 5.16. The molecule has 0 saturated carbocycles. The molecule has 9 heteroatoms. The van der Waals surface area contributed by atoms with Gasteiger partial charge >= 0.3 is 11.9 Å². The van der Waals surface area contributed by atoms with Crippen LogP contribution in [0.3, 0.4) is 0 Å². The van der Waals surface area contributed by atoms with Crippen molar-refractivity contribution in [2.45, 2.75) is 27.3 Å². The molecule has 0 fully saturated rings. The Hall–Kier alpha value is -3.23. The van der Waals surface area contributed by atoms with Crippen molar-refractivity contribution in [3.63, 3.8) is 0 Å². The Morgan fingerprint density at radius 1 is 1.08 bits per heavy atom. The molecule has 9 nitrogen and oxygen atoms in total. The third-order valence-electron chi connectivity index (χ3n) is 3.38. The highest BCUT2D eigenvalue weighted by atomic mass is 16.4. The number of aromatic nitrogens is 3. The lowest BCUT2D eigenvalue weighted by Crippen LogP contribution is -2.23. The largest absolute Gasteiger partial charge is 0.476 e. The summed E-state index contributed by atoms with van der Waals surface area (Å²) in [5, 5.41) is 27.5. The van der Waals surface area contributed by atoms with Crippen molar-refractivity contribution in [3.05, 3.63) is 40.2 Å². The Morgan fingerprint density at radius 2 is 1.67 bits per heavy atom. The molecule has 0 unspecified atom stereocenters. The van der Waals surface area contributed by atoms with Gasteiger partial charge in [0.25, 0.3) is 0 Å². The maximum atomic E-state index is 12.2. The molecule has 1 aromatic carbocycles. The normalized spacial score (nSPS) is 10.5. The summed E-state index contributed by atoms with van der Waals surface area (Å²) in [4.78, 5) is 34.3. The quantitative estimate of drug-likeness (QED) is 0.749. The number of rotatable bonds is 5. The summed E-state index contributed by atoms with van der Waals surface area (Å²) in [6.07, 6.45) is 0. The standard InChI is InChI=1S/C15H16N4O5/c1-7-4-8(2)11(9(3)5-7)16-10(20)6-19-13(15(23)24)12(14(21)22)17-18-19/h4-5H,6H2,1-3H3,(H,16,20)(H,21,22)(H,23,24). The fourth-order valence-corrected chi connectivity index (χ4v) is 2.47. The summed E-state index contributed by atoms with van der Waals surface area (Å²) in [5.74, 6) is -3.58. The Labute approximate surface area is 136 Å². The van der Waals surface area contributed by atoms with Gasteiger partial charge in [-0.1, -0.05) is 22.9 Å². The van der Waals surface area contributed by atoms with Gasteiger partial charge < -0.3 is 15.5 Å². The van der Waals surface area contributed by atoms with Crippen molar-refractivity contribution in [1.82, 2.24) is 15.0 Å². The second-order valence-corrected chi connectivity index (χ2v) is 5.38. The van der Waals surface area contributed by atoms with E-state index in [9.17, 15) is 14.4 Å².